The largest absolute Gasteiger partial charge is 0.285 e. The van der Waals surface area contributed by atoms with Crippen LogP contribution >= 0.6 is 0 Å². The molecule has 16 heavy (non-hydrogen) atoms. The molecule has 2 amide bonds. The topological polar surface area (TPSA) is 54.5 Å². The van der Waals surface area contributed by atoms with E-state index in [-0.39, 0.29) is 23.6 Å². The van der Waals surface area contributed by atoms with E-state index < -0.39 is 5.91 Å². The molecular weight excluding hydrogens is 206 g/mol. The maximum absolute atomic E-state index is 11.8. The summed E-state index contributed by atoms with van der Waals surface area (Å²) in [5, 5.41) is 0. The number of rotatable bonds is 3. The Balaban J connectivity index is 2.50. The van der Waals surface area contributed by atoms with Crippen LogP contribution < -0.4 is 0 Å². The Bertz CT molecular complexity index is 505. The quantitative estimate of drug-likeness (QED) is 0.555. The maximum Gasteiger partial charge on any atom is 0.261 e. The predicted molar refractivity (Wildman–Crippen MR) is 56.8 cm³/mol. The number of benzene rings is 1. The Morgan fingerprint density at radius 3 is 2.56 bits per heavy atom. The van der Waals surface area contributed by atoms with Crippen LogP contribution in [0.15, 0.2) is 30.9 Å². The molecule has 4 nitrogen and oxygen atoms in total. The van der Waals surface area contributed by atoms with E-state index in [0.29, 0.717) is 5.56 Å². The average molecular weight is 214 g/mol. The molecule has 4 heteroatoms. The summed E-state index contributed by atoms with van der Waals surface area (Å²) in [6, 6.07) is 4.32. The third-order valence-corrected chi connectivity index (χ3v) is 2.40. The number of fused-ring (bicyclic) bond motifs is 1. The van der Waals surface area contributed by atoms with Gasteiger partial charge >= 0.3 is 0 Å². The van der Waals surface area contributed by atoms with Crippen molar-refractivity contribution in [1.29, 1.82) is 0 Å². The third kappa shape index (κ3) is 1.35. The molecule has 1 radical (unpaired) electrons. The van der Waals surface area contributed by atoms with Crippen molar-refractivity contribution in [3.8, 4) is 0 Å². The highest BCUT2D eigenvalue weighted by atomic mass is 16.2. The van der Waals surface area contributed by atoms with Gasteiger partial charge in [-0.2, -0.15) is 0 Å². The molecule has 1 aliphatic heterocycles. The van der Waals surface area contributed by atoms with Crippen molar-refractivity contribution in [1.82, 2.24) is 4.90 Å². The lowest BCUT2D eigenvalue weighted by molar-refractivity contribution is 0.0672. The summed E-state index contributed by atoms with van der Waals surface area (Å²) >= 11 is 0. The van der Waals surface area contributed by atoms with Gasteiger partial charge in [0.15, 0.2) is 0 Å². The number of imide groups is 1. The molecule has 0 saturated heterocycles. The lowest BCUT2D eigenvalue weighted by Crippen LogP contribution is -2.29. The summed E-state index contributed by atoms with van der Waals surface area (Å²) in [5.74, 6) is -0.741. The van der Waals surface area contributed by atoms with E-state index in [1.165, 1.54) is 24.3 Å². The van der Waals surface area contributed by atoms with E-state index in [2.05, 4.69) is 6.58 Å². The minimum absolute atomic E-state index is 0.173. The van der Waals surface area contributed by atoms with Crippen LogP contribution in [0.5, 0.6) is 0 Å². The number of hydrogen-bond acceptors (Lipinski definition) is 3. The molecule has 1 aliphatic rings. The van der Waals surface area contributed by atoms with Gasteiger partial charge in [-0.3, -0.25) is 19.3 Å². The van der Waals surface area contributed by atoms with Crippen LogP contribution in [0.25, 0.3) is 0 Å². The van der Waals surface area contributed by atoms with E-state index in [0.717, 1.165) is 4.90 Å². The van der Waals surface area contributed by atoms with Gasteiger partial charge in [0.2, 0.25) is 6.29 Å². The van der Waals surface area contributed by atoms with Crippen molar-refractivity contribution in [3.05, 3.63) is 47.5 Å². The van der Waals surface area contributed by atoms with Gasteiger partial charge in [0, 0.05) is 12.1 Å². The normalized spacial score (nSPS) is 13.9. The van der Waals surface area contributed by atoms with Crippen molar-refractivity contribution >= 4 is 18.1 Å². The van der Waals surface area contributed by atoms with Crippen molar-refractivity contribution in [2.24, 2.45) is 0 Å². The molecule has 0 atom stereocenters. The first kappa shape index (κ1) is 10.3. The second kappa shape index (κ2) is 3.73. The zero-order chi connectivity index (χ0) is 11.7. The van der Waals surface area contributed by atoms with Gasteiger partial charge in [-0.1, -0.05) is 12.1 Å². The van der Waals surface area contributed by atoms with Crippen LogP contribution in [-0.4, -0.2) is 29.5 Å². The fourth-order valence-electron chi connectivity index (χ4n) is 1.65. The Kier molecular flexibility index (Phi) is 2.40. The lowest BCUT2D eigenvalue weighted by atomic mass is 10.1. The molecule has 79 valence electrons. The van der Waals surface area contributed by atoms with E-state index >= 15 is 0 Å². The second-order valence-corrected chi connectivity index (χ2v) is 3.37. The number of hydrogen-bond donors (Lipinski definition) is 0. The fraction of sp³-hybridized carbons (Fsp3) is 0.0833. The van der Waals surface area contributed by atoms with Gasteiger partial charge in [0.25, 0.3) is 11.8 Å². The van der Waals surface area contributed by atoms with E-state index in [1.54, 1.807) is 6.29 Å². The van der Waals surface area contributed by atoms with Crippen LogP contribution in [0.1, 0.15) is 26.3 Å². The summed E-state index contributed by atoms with van der Waals surface area (Å²) in [4.78, 5) is 35.1. The van der Waals surface area contributed by atoms with Gasteiger partial charge in [-0.05, 0) is 12.1 Å². The molecule has 0 spiro atoms. The minimum atomic E-state index is -0.392. The zero-order valence-electron chi connectivity index (χ0n) is 8.40. The minimum Gasteiger partial charge on any atom is -0.285 e. The Labute approximate surface area is 92.2 Å². The molecule has 0 saturated carbocycles. The van der Waals surface area contributed by atoms with Gasteiger partial charge in [-0.25, -0.2) is 0 Å². The number of nitrogens with zero attached hydrogens (tertiary/aromatic N) is 1. The Morgan fingerprint density at radius 2 is 1.94 bits per heavy atom. The van der Waals surface area contributed by atoms with Crippen molar-refractivity contribution in [2.45, 2.75) is 0 Å². The van der Waals surface area contributed by atoms with E-state index in [1.807, 2.05) is 0 Å². The zero-order valence-corrected chi connectivity index (χ0v) is 8.40. The Hall–Kier alpha value is -2.23. The first-order valence-electron chi connectivity index (χ1n) is 4.68. The first-order chi connectivity index (χ1) is 7.69. The second-order valence-electron chi connectivity index (χ2n) is 3.37. The average Bonchev–Trinajstić information content (AvgIpc) is 2.54. The molecule has 0 N–H and O–H groups in total. The van der Waals surface area contributed by atoms with Crippen LogP contribution in [0.3, 0.4) is 0 Å². The van der Waals surface area contributed by atoms with Gasteiger partial charge in [0.1, 0.15) is 0 Å². The third-order valence-electron chi connectivity index (χ3n) is 2.40. The highest BCUT2D eigenvalue weighted by Crippen LogP contribution is 2.23. The van der Waals surface area contributed by atoms with E-state index in [4.69, 9.17) is 0 Å². The molecule has 0 bridgehead atoms. The first-order valence-corrected chi connectivity index (χ1v) is 4.68. The smallest absolute Gasteiger partial charge is 0.261 e. The van der Waals surface area contributed by atoms with Crippen LogP contribution in [0.2, 0.25) is 0 Å². The maximum atomic E-state index is 11.8. The van der Waals surface area contributed by atoms with Crippen molar-refractivity contribution < 1.29 is 14.4 Å². The van der Waals surface area contributed by atoms with Crippen molar-refractivity contribution in [3.63, 3.8) is 0 Å². The molecule has 2 rings (SSSR count). The van der Waals surface area contributed by atoms with Gasteiger partial charge in [0.05, 0.1) is 11.1 Å². The number of amides is 2. The highest BCUT2D eigenvalue weighted by Gasteiger charge is 2.34. The Morgan fingerprint density at radius 1 is 1.25 bits per heavy atom. The van der Waals surface area contributed by atoms with Gasteiger partial charge < -0.3 is 0 Å². The summed E-state index contributed by atoms with van der Waals surface area (Å²) in [7, 11) is 0. The van der Waals surface area contributed by atoms with E-state index in [9.17, 15) is 14.4 Å². The monoisotopic (exact) mass is 214 g/mol. The van der Waals surface area contributed by atoms with Gasteiger partial charge in [-0.15, -0.1) is 6.58 Å². The molecule has 1 heterocycles. The standard InChI is InChI=1S/C12H8NO3/c1-2-5-13-11(15)9-4-3-8(7-14)6-10(9)12(13)16/h2-4,6H,1,5H2. The van der Waals surface area contributed by atoms with Crippen LogP contribution in [0, 0.1) is 0 Å². The highest BCUT2D eigenvalue weighted by molar-refractivity contribution is 6.21. The summed E-state index contributed by atoms with van der Waals surface area (Å²) in [6.45, 7) is 3.65. The molecule has 0 fully saturated rings. The molecule has 0 aliphatic carbocycles. The number of carbonyl (C=O) groups excluding carboxylic acids is 3. The predicted octanol–water partition coefficient (Wildman–Crippen LogP) is 0.926. The fourth-order valence-corrected chi connectivity index (χ4v) is 1.65. The van der Waals surface area contributed by atoms with Crippen molar-refractivity contribution in [2.75, 3.05) is 6.54 Å². The lowest BCUT2D eigenvalue weighted by Gasteiger charge is -2.09. The summed E-state index contributed by atoms with van der Waals surface area (Å²) in [6.07, 6.45) is 3.17. The molecule has 1 aromatic carbocycles. The summed E-state index contributed by atoms with van der Waals surface area (Å²) < 4.78 is 0. The summed E-state index contributed by atoms with van der Waals surface area (Å²) in [5.41, 5.74) is 0.846. The molecule has 0 aromatic heterocycles. The molecule has 1 aromatic rings. The van der Waals surface area contributed by atoms with Crippen LogP contribution in [0.4, 0.5) is 0 Å². The number of carbonyl (C=O) groups is 2. The SMILES string of the molecule is C=CCN1C(=O)c2ccc([C]=O)cc2C1=O. The molecular formula is C12H8NO3. The van der Waals surface area contributed by atoms with Crippen LogP contribution in [-0.2, 0) is 4.79 Å². The molecule has 0 unspecified atom stereocenters.